The molecule has 0 aromatic heterocycles. The molecule has 20 heavy (non-hydrogen) atoms. The van der Waals surface area contributed by atoms with Gasteiger partial charge in [-0.3, -0.25) is 9.59 Å². The minimum absolute atomic E-state index is 0.360. The first-order chi connectivity index (χ1) is 9.52. The van der Waals surface area contributed by atoms with Crippen LogP contribution in [0.3, 0.4) is 0 Å². The van der Waals surface area contributed by atoms with Crippen molar-refractivity contribution >= 4 is 35.3 Å². The summed E-state index contributed by atoms with van der Waals surface area (Å²) in [6.45, 7) is 2.65. The van der Waals surface area contributed by atoms with Crippen LogP contribution < -0.4 is 9.47 Å². The number of ether oxygens (including phenoxy) is 2. The Morgan fingerprint density at radius 1 is 1.15 bits per heavy atom. The normalized spacial score (nSPS) is 10.2. The Kier molecular flexibility index (Phi) is 7.47. The van der Waals surface area contributed by atoms with Gasteiger partial charge >= 0.3 is 11.9 Å². The number of carbonyl (C=O) groups excluding carboxylic acids is 2. The van der Waals surface area contributed by atoms with Crippen LogP contribution in [0.25, 0.3) is 0 Å². The SMILES string of the molecule is CC(=O)Oc1ccc(SCCCCCl)c(OC(C)=O)c1. The highest BCUT2D eigenvalue weighted by molar-refractivity contribution is 7.99. The fraction of sp³-hybridized carbons (Fsp3) is 0.429. The number of esters is 2. The summed E-state index contributed by atoms with van der Waals surface area (Å²) in [4.78, 5) is 22.9. The number of hydrogen-bond acceptors (Lipinski definition) is 5. The fourth-order valence-corrected chi connectivity index (χ4v) is 2.61. The standard InChI is InChI=1S/C14H17ClO4S/c1-10(16)18-12-5-6-14(20-8-4-3-7-15)13(9-12)19-11(2)17/h5-6,9H,3-4,7-8H2,1-2H3. The van der Waals surface area contributed by atoms with Crippen molar-refractivity contribution < 1.29 is 19.1 Å². The van der Waals surface area contributed by atoms with Crippen LogP contribution in [0.5, 0.6) is 11.5 Å². The van der Waals surface area contributed by atoms with Crippen molar-refractivity contribution in [3.8, 4) is 11.5 Å². The van der Waals surface area contributed by atoms with Crippen LogP contribution in [0.2, 0.25) is 0 Å². The maximum atomic E-state index is 11.1. The van der Waals surface area contributed by atoms with Crippen molar-refractivity contribution in [1.29, 1.82) is 0 Å². The van der Waals surface area contributed by atoms with Crippen molar-refractivity contribution in [2.75, 3.05) is 11.6 Å². The highest BCUT2D eigenvalue weighted by atomic mass is 35.5. The van der Waals surface area contributed by atoms with Gasteiger partial charge in [0.05, 0.1) is 4.90 Å². The first-order valence-electron chi connectivity index (χ1n) is 6.22. The van der Waals surface area contributed by atoms with Crippen molar-refractivity contribution in [3.05, 3.63) is 18.2 Å². The minimum atomic E-state index is -0.415. The lowest BCUT2D eigenvalue weighted by Crippen LogP contribution is -2.05. The molecule has 4 nitrogen and oxygen atoms in total. The van der Waals surface area contributed by atoms with Crippen molar-refractivity contribution in [1.82, 2.24) is 0 Å². The van der Waals surface area contributed by atoms with Gasteiger partial charge in [-0.05, 0) is 30.7 Å². The molecule has 0 aliphatic heterocycles. The Hall–Kier alpha value is -1.20. The van der Waals surface area contributed by atoms with Gasteiger partial charge in [0.25, 0.3) is 0 Å². The molecule has 0 radical (unpaired) electrons. The van der Waals surface area contributed by atoms with E-state index in [-0.39, 0.29) is 0 Å². The Labute approximate surface area is 127 Å². The van der Waals surface area contributed by atoms with E-state index in [1.165, 1.54) is 13.8 Å². The zero-order valence-corrected chi connectivity index (χ0v) is 13.1. The number of unbranched alkanes of at least 4 members (excludes halogenated alkanes) is 1. The monoisotopic (exact) mass is 316 g/mol. The summed E-state index contributed by atoms with van der Waals surface area (Å²) in [6, 6.07) is 5.01. The molecule has 1 rings (SSSR count). The average molecular weight is 317 g/mol. The van der Waals surface area contributed by atoms with E-state index in [1.54, 1.807) is 30.0 Å². The predicted octanol–water partition coefficient (Wildman–Crippen LogP) is 3.65. The van der Waals surface area contributed by atoms with E-state index in [9.17, 15) is 9.59 Å². The van der Waals surface area contributed by atoms with Crippen molar-refractivity contribution in [2.45, 2.75) is 31.6 Å². The number of halogens is 1. The summed E-state index contributed by atoms with van der Waals surface area (Å²) >= 11 is 7.21. The summed E-state index contributed by atoms with van der Waals surface area (Å²) in [5.41, 5.74) is 0. The molecule has 0 aliphatic carbocycles. The maximum absolute atomic E-state index is 11.1. The van der Waals surface area contributed by atoms with E-state index in [0.29, 0.717) is 17.4 Å². The largest absolute Gasteiger partial charge is 0.427 e. The van der Waals surface area contributed by atoms with Gasteiger partial charge in [-0.25, -0.2) is 0 Å². The smallest absolute Gasteiger partial charge is 0.308 e. The summed E-state index contributed by atoms with van der Waals surface area (Å²) in [5, 5.41) is 0. The number of carbonyl (C=O) groups is 2. The van der Waals surface area contributed by atoms with E-state index < -0.39 is 11.9 Å². The quantitative estimate of drug-likeness (QED) is 0.253. The van der Waals surface area contributed by atoms with Gasteiger partial charge in [-0.1, -0.05) is 0 Å². The third-order valence-corrected chi connectivity index (χ3v) is 3.62. The number of benzene rings is 1. The molecule has 0 unspecified atom stereocenters. The lowest BCUT2D eigenvalue weighted by molar-refractivity contribution is -0.132. The highest BCUT2D eigenvalue weighted by Crippen LogP contribution is 2.33. The molecule has 0 N–H and O–H groups in total. The number of hydrogen-bond donors (Lipinski definition) is 0. The molecular formula is C14H17ClO4S. The minimum Gasteiger partial charge on any atom is -0.427 e. The third kappa shape index (κ3) is 6.30. The first kappa shape index (κ1) is 16.9. The Balaban J connectivity index is 2.80. The molecule has 0 bridgehead atoms. The lowest BCUT2D eigenvalue weighted by Gasteiger charge is -2.10. The average Bonchev–Trinajstić information content (AvgIpc) is 2.35. The zero-order valence-electron chi connectivity index (χ0n) is 11.5. The van der Waals surface area contributed by atoms with Gasteiger partial charge in [0, 0.05) is 25.8 Å². The summed E-state index contributed by atoms with van der Waals surface area (Å²) < 4.78 is 10.1. The molecule has 6 heteroatoms. The molecule has 1 aromatic rings. The van der Waals surface area contributed by atoms with Crippen LogP contribution in [-0.2, 0) is 9.59 Å². The van der Waals surface area contributed by atoms with E-state index in [0.717, 1.165) is 23.5 Å². The second kappa shape index (κ2) is 8.87. The molecule has 0 heterocycles. The summed E-state index contributed by atoms with van der Waals surface area (Å²) in [7, 11) is 0. The molecule has 110 valence electrons. The number of thioether (sulfide) groups is 1. The Morgan fingerprint density at radius 2 is 1.85 bits per heavy atom. The summed E-state index contributed by atoms with van der Waals surface area (Å²) in [5.74, 6) is 1.47. The Morgan fingerprint density at radius 3 is 2.45 bits per heavy atom. The van der Waals surface area contributed by atoms with Gasteiger partial charge in [0.2, 0.25) is 0 Å². The molecule has 0 fully saturated rings. The molecular weight excluding hydrogens is 300 g/mol. The van der Waals surface area contributed by atoms with Gasteiger partial charge in [0.15, 0.2) is 0 Å². The molecule has 0 spiro atoms. The molecule has 0 saturated carbocycles. The lowest BCUT2D eigenvalue weighted by atomic mass is 10.3. The van der Waals surface area contributed by atoms with Gasteiger partial charge < -0.3 is 9.47 Å². The van der Waals surface area contributed by atoms with Gasteiger partial charge in [-0.15, -0.1) is 23.4 Å². The fourth-order valence-electron chi connectivity index (χ4n) is 1.45. The second-order valence-corrected chi connectivity index (χ2v) is 5.56. The topological polar surface area (TPSA) is 52.6 Å². The van der Waals surface area contributed by atoms with Crippen LogP contribution >= 0.6 is 23.4 Å². The second-order valence-electron chi connectivity index (χ2n) is 4.04. The Bertz CT molecular complexity index is 476. The van der Waals surface area contributed by atoms with Crippen molar-refractivity contribution in [2.24, 2.45) is 0 Å². The number of alkyl halides is 1. The van der Waals surface area contributed by atoms with Gasteiger partial charge in [0.1, 0.15) is 11.5 Å². The third-order valence-electron chi connectivity index (χ3n) is 2.22. The maximum Gasteiger partial charge on any atom is 0.308 e. The zero-order chi connectivity index (χ0) is 15.0. The molecule has 0 aliphatic rings. The van der Waals surface area contributed by atoms with Crippen LogP contribution in [0.1, 0.15) is 26.7 Å². The van der Waals surface area contributed by atoms with Crippen molar-refractivity contribution in [3.63, 3.8) is 0 Å². The van der Waals surface area contributed by atoms with Crippen LogP contribution in [-0.4, -0.2) is 23.6 Å². The van der Waals surface area contributed by atoms with E-state index >= 15 is 0 Å². The summed E-state index contributed by atoms with van der Waals surface area (Å²) in [6.07, 6.45) is 1.93. The first-order valence-corrected chi connectivity index (χ1v) is 7.74. The molecule has 1 aromatic carbocycles. The van der Waals surface area contributed by atoms with E-state index in [4.69, 9.17) is 21.1 Å². The van der Waals surface area contributed by atoms with Crippen LogP contribution in [0.4, 0.5) is 0 Å². The molecule has 0 saturated heterocycles. The van der Waals surface area contributed by atoms with Gasteiger partial charge in [-0.2, -0.15) is 0 Å². The van der Waals surface area contributed by atoms with Crippen LogP contribution in [0, 0.1) is 0 Å². The predicted molar refractivity (Wildman–Crippen MR) is 79.7 cm³/mol. The van der Waals surface area contributed by atoms with E-state index in [2.05, 4.69) is 0 Å². The van der Waals surface area contributed by atoms with Crippen LogP contribution in [0.15, 0.2) is 23.1 Å². The molecule has 0 amide bonds. The van der Waals surface area contributed by atoms with E-state index in [1.807, 2.05) is 0 Å². The highest BCUT2D eigenvalue weighted by Gasteiger charge is 2.10. The molecule has 0 atom stereocenters. The number of rotatable bonds is 7.